The van der Waals surface area contributed by atoms with Crippen LogP contribution in [-0.2, 0) is 25.7 Å². The van der Waals surface area contributed by atoms with Gasteiger partial charge >= 0.3 is 11.7 Å². The third-order valence-corrected chi connectivity index (χ3v) is 5.82. The molecule has 3 aromatic carbocycles. The minimum absolute atomic E-state index is 0.0655. The molecule has 0 heterocycles. The van der Waals surface area contributed by atoms with Gasteiger partial charge in [-0.25, -0.2) is 0 Å². The van der Waals surface area contributed by atoms with E-state index in [4.69, 9.17) is 9.47 Å². The van der Waals surface area contributed by atoms with Crippen LogP contribution in [0.15, 0.2) is 70.9 Å². The molecule has 3 aromatic rings. The summed E-state index contributed by atoms with van der Waals surface area (Å²) in [6.07, 6.45) is -0.0655. The van der Waals surface area contributed by atoms with E-state index in [1.54, 1.807) is 6.07 Å². The van der Waals surface area contributed by atoms with Crippen molar-refractivity contribution in [3.63, 3.8) is 0 Å². The number of carbonyl (C=O) groups is 3. The lowest BCUT2D eigenvalue weighted by Gasteiger charge is -2.27. The van der Waals surface area contributed by atoms with E-state index >= 15 is 0 Å². The van der Waals surface area contributed by atoms with Crippen molar-refractivity contribution in [3.05, 3.63) is 86.5 Å². The van der Waals surface area contributed by atoms with Gasteiger partial charge in [-0.05, 0) is 24.6 Å². The number of non-ortho nitro benzene ring substituents is 1. The van der Waals surface area contributed by atoms with Crippen molar-refractivity contribution in [2.45, 2.75) is 26.8 Å². The molecule has 0 fully saturated rings. The van der Waals surface area contributed by atoms with E-state index in [9.17, 15) is 34.6 Å². The lowest BCUT2D eigenvalue weighted by atomic mass is 10.1. The first-order valence-corrected chi connectivity index (χ1v) is 12.8. The van der Waals surface area contributed by atoms with Crippen LogP contribution >= 0.6 is 0 Å². The lowest BCUT2D eigenvalue weighted by Crippen LogP contribution is -2.27. The Morgan fingerprint density at radius 1 is 0.930 bits per heavy atom. The molecule has 15 heteroatoms. The van der Waals surface area contributed by atoms with E-state index in [0.717, 1.165) is 23.8 Å². The van der Waals surface area contributed by atoms with E-state index in [1.807, 2.05) is 35.2 Å². The zero-order valence-electron chi connectivity index (χ0n) is 23.5. The summed E-state index contributed by atoms with van der Waals surface area (Å²) in [6, 6.07) is 15.3. The molecule has 0 saturated heterocycles. The van der Waals surface area contributed by atoms with Gasteiger partial charge in [0.2, 0.25) is 5.91 Å². The van der Waals surface area contributed by atoms with Crippen LogP contribution in [0.3, 0.4) is 0 Å². The first kappa shape index (κ1) is 31.8. The highest BCUT2D eigenvalue weighted by Crippen LogP contribution is 2.41. The van der Waals surface area contributed by atoms with Gasteiger partial charge in [0, 0.05) is 32.1 Å². The highest BCUT2D eigenvalue weighted by atomic mass is 16.6. The summed E-state index contributed by atoms with van der Waals surface area (Å²) in [6.45, 7) is 2.73. The number of benzene rings is 3. The molecule has 15 nitrogen and oxygen atoms in total. The van der Waals surface area contributed by atoms with Crippen LogP contribution in [-0.4, -0.2) is 47.8 Å². The molecule has 0 bridgehead atoms. The number of ether oxygens (including phenoxy) is 2. The molecule has 3 rings (SSSR count). The zero-order valence-corrected chi connectivity index (χ0v) is 23.5. The van der Waals surface area contributed by atoms with Crippen molar-refractivity contribution in [3.8, 4) is 5.75 Å². The van der Waals surface area contributed by atoms with E-state index < -0.39 is 33.1 Å². The van der Waals surface area contributed by atoms with Crippen molar-refractivity contribution in [1.82, 2.24) is 0 Å². The van der Waals surface area contributed by atoms with Gasteiger partial charge in [-0.2, -0.15) is 0 Å². The number of amides is 1. The number of hydrogen-bond donors (Lipinski definition) is 1. The van der Waals surface area contributed by atoms with Gasteiger partial charge in [0.25, 0.3) is 5.69 Å². The van der Waals surface area contributed by atoms with Crippen LogP contribution < -0.4 is 15.0 Å². The summed E-state index contributed by atoms with van der Waals surface area (Å²) >= 11 is 0. The molecule has 0 aliphatic heterocycles. The zero-order chi connectivity index (χ0) is 31.5. The number of nitro benzene ring substituents is 2. The van der Waals surface area contributed by atoms with Gasteiger partial charge in [-0.3, -0.25) is 34.6 Å². The Hall–Kier alpha value is -5.73. The average molecular weight is 593 g/mol. The molecule has 0 atom stereocenters. The number of azo groups is 1. The second kappa shape index (κ2) is 14.8. The fourth-order valence-corrected chi connectivity index (χ4v) is 3.87. The first-order valence-electron chi connectivity index (χ1n) is 12.8. The smallest absolute Gasteiger partial charge is 0.308 e. The number of nitrogens with zero attached hydrogens (tertiary/aromatic N) is 5. The molecule has 0 radical (unpaired) electrons. The second-order valence-corrected chi connectivity index (χ2v) is 9.13. The Kier molecular flexibility index (Phi) is 10.9. The van der Waals surface area contributed by atoms with Crippen molar-refractivity contribution in [1.29, 1.82) is 0 Å². The van der Waals surface area contributed by atoms with E-state index in [0.29, 0.717) is 12.2 Å². The summed E-state index contributed by atoms with van der Waals surface area (Å²) < 4.78 is 10.6. The summed E-state index contributed by atoms with van der Waals surface area (Å²) in [4.78, 5) is 58.4. The molecule has 0 aliphatic rings. The van der Waals surface area contributed by atoms with Crippen molar-refractivity contribution in [2.24, 2.45) is 10.2 Å². The lowest BCUT2D eigenvalue weighted by molar-refractivity contribution is -0.393. The van der Waals surface area contributed by atoms with Gasteiger partial charge in [-0.15, -0.1) is 10.2 Å². The second-order valence-electron chi connectivity index (χ2n) is 9.13. The number of methoxy groups -OCH3 is 1. The number of carbonyl (C=O) groups excluding carboxylic acids is 3. The molecule has 1 amide bonds. The van der Waals surface area contributed by atoms with E-state index in [1.165, 1.54) is 27.0 Å². The molecular formula is C28H28N6O9. The molecule has 0 saturated carbocycles. The van der Waals surface area contributed by atoms with E-state index in [-0.39, 0.29) is 48.2 Å². The fourth-order valence-electron chi connectivity index (χ4n) is 3.87. The van der Waals surface area contributed by atoms with Crippen molar-refractivity contribution < 1.29 is 33.7 Å². The fraction of sp³-hybridized carbons (Fsp3) is 0.250. The summed E-state index contributed by atoms with van der Waals surface area (Å²) in [7, 11) is 1.40. The Morgan fingerprint density at radius 2 is 1.63 bits per heavy atom. The van der Waals surface area contributed by atoms with Gasteiger partial charge in [0.1, 0.15) is 18.0 Å². The standard InChI is InChI=1S/C28H28N6O9/c1-18(35)17-43-28(37)11-12-32(16-20-7-5-4-6-8-20)26-14-23(29-19(2)36)24(15-27(26)42-3)31-30-22-10-9-21(33(38)39)13-25(22)34(40)41/h4-10,13-15H,11-12,16-17H2,1-3H3,(H,29,36). The first-order chi connectivity index (χ1) is 20.5. The maximum atomic E-state index is 12.3. The van der Waals surface area contributed by atoms with E-state index in [2.05, 4.69) is 15.5 Å². The Labute approximate surface area is 245 Å². The summed E-state index contributed by atoms with van der Waals surface area (Å²) in [5.41, 5.74) is 0.249. The van der Waals surface area contributed by atoms with Crippen LogP contribution in [0, 0.1) is 20.2 Å². The van der Waals surface area contributed by atoms with Crippen LogP contribution in [0.1, 0.15) is 25.8 Å². The summed E-state index contributed by atoms with van der Waals surface area (Å²) in [5, 5.41) is 33.3. The number of hydrogen-bond acceptors (Lipinski definition) is 12. The molecule has 0 aromatic heterocycles. The topological polar surface area (TPSA) is 196 Å². The Bertz CT molecular complexity index is 1560. The predicted octanol–water partition coefficient (Wildman–Crippen LogP) is 5.41. The average Bonchev–Trinajstić information content (AvgIpc) is 2.97. The number of Topliss-reactive ketones (excluding diaryl/α,β-unsaturated/α-hetero) is 1. The van der Waals surface area contributed by atoms with Crippen LogP contribution in [0.25, 0.3) is 0 Å². The molecule has 0 spiro atoms. The number of esters is 1. The highest BCUT2D eigenvalue weighted by molar-refractivity contribution is 5.94. The van der Waals surface area contributed by atoms with Crippen molar-refractivity contribution in [2.75, 3.05) is 30.5 Å². The van der Waals surface area contributed by atoms with Gasteiger partial charge in [0.05, 0.1) is 40.8 Å². The van der Waals surface area contributed by atoms with Gasteiger partial charge in [-0.1, -0.05) is 30.3 Å². The van der Waals surface area contributed by atoms with Crippen LogP contribution in [0.4, 0.5) is 34.1 Å². The molecule has 43 heavy (non-hydrogen) atoms. The van der Waals surface area contributed by atoms with Crippen LogP contribution in [0.5, 0.6) is 5.75 Å². The Morgan fingerprint density at radius 3 is 2.23 bits per heavy atom. The van der Waals surface area contributed by atoms with Crippen molar-refractivity contribution >= 4 is 51.8 Å². The number of anilines is 2. The normalized spacial score (nSPS) is 10.7. The van der Waals surface area contributed by atoms with Crippen LogP contribution in [0.2, 0.25) is 0 Å². The maximum Gasteiger partial charge on any atom is 0.308 e. The highest BCUT2D eigenvalue weighted by Gasteiger charge is 2.22. The largest absolute Gasteiger partial charge is 0.494 e. The number of rotatable bonds is 14. The summed E-state index contributed by atoms with van der Waals surface area (Å²) in [5.74, 6) is -1.05. The molecule has 1 N–H and O–H groups in total. The maximum absolute atomic E-state index is 12.3. The molecule has 0 aliphatic carbocycles. The van der Waals surface area contributed by atoms with Gasteiger partial charge < -0.3 is 19.7 Å². The molecular weight excluding hydrogens is 564 g/mol. The number of ketones is 1. The third kappa shape index (κ3) is 9.14. The quantitative estimate of drug-likeness (QED) is 0.109. The SMILES string of the molecule is COc1cc(N=Nc2ccc([N+](=O)[O-])cc2[N+](=O)[O-])c(NC(C)=O)cc1N(CCC(=O)OCC(C)=O)Cc1ccccc1. The molecule has 224 valence electrons. The third-order valence-electron chi connectivity index (χ3n) is 5.82. The Balaban J connectivity index is 2.06. The minimum Gasteiger partial charge on any atom is -0.494 e. The monoisotopic (exact) mass is 592 g/mol. The van der Waals surface area contributed by atoms with Gasteiger partial charge in [0.15, 0.2) is 11.5 Å². The predicted molar refractivity (Wildman–Crippen MR) is 155 cm³/mol. The molecule has 0 unspecified atom stereocenters. The number of nitrogens with one attached hydrogen (secondary N) is 1. The number of nitro groups is 2. The minimum atomic E-state index is -0.817.